The summed E-state index contributed by atoms with van der Waals surface area (Å²) >= 11 is 0. The second kappa shape index (κ2) is 5.47. The second-order valence-electron chi connectivity index (χ2n) is 7.16. The standard InChI is InChI=1S/C18H18F3NO3/c19-18(20,21)13-3-1-2-12-14(23)10-17(25-15(12)13)6-8-22(9-7-17)16(24)11-4-5-11/h1-3,11H,4-10H2. The molecular weight excluding hydrogens is 335 g/mol. The maximum Gasteiger partial charge on any atom is 0.419 e. The molecule has 1 spiro atoms. The Labute approximate surface area is 142 Å². The minimum atomic E-state index is -4.58. The smallest absolute Gasteiger partial charge is 0.419 e. The molecule has 4 nitrogen and oxygen atoms in total. The average molecular weight is 353 g/mol. The van der Waals surface area contributed by atoms with Crippen LogP contribution < -0.4 is 4.74 Å². The quantitative estimate of drug-likeness (QED) is 0.777. The number of carbonyl (C=O) groups excluding carboxylic acids is 2. The van der Waals surface area contributed by atoms with E-state index in [2.05, 4.69) is 0 Å². The normalized spacial score (nSPS) is 22.5. The third kappa shape index (κ3) is 2.89. The lowest BCUT2D eigenvalue weighted by atomic mass is 9.81. The van der Waals surface area contributed by atoms with E-state index in [1.807, 2.05) is 0 Å². The van der Waals surface area contributed by atoms with E-state index in [1.165, 1.54) is 12.1 Å². The molecule has 0 atom stereocenters. The van der Waals surface area contributed by atoms with Gasteiger partial charge in [-0.25, -0.2) is 0 Å². The molecule has 1 amide bonds. The summed E-state index contributed by atoms with van der Waals surface area (Å²) in [5, 5.41) is 0. The highest BCUT2D eigenvalue weighted by Gasteiger charge is 2.48. The number of likely N-dealkylation sites (tertiary alicyclic amines) is 1. The second-order valence-corrected chi connectivity index (χ2v) is 7.16. The van der Waals surface area contributed by atoms with Gasteiger partial charge in [-0.15, -0.1) is 0 Å². The van der Waals surface area contributed by atoms with Crippen molar-refractivity contribution in [3.63, 3.8) is 0 Å². The number of nitrogens with zero attached hydrogens (tertiary/aromatic N) is 1. The fraction of sp³-hybridized carbons (Fsp3) is 0.556. The van der Waals surface area contributed by atoms with E-state index in [9.17, 15) is 22.8 Å². The Morgan fingerprint density at radius 2 is 1.88 bits per heavy atom. The first-order valence-corrected chi connectivity index (χ1v) is 8.50. The number of benzene rings is 1. The van der Waals surface area contributed by atoms with Gasteiger partial charge in [-0.1, -0.05) is 6.07 Å². The predicted octanol–water partition coefficient (Wildman–Crippen LogP) is 3.44. The van der Waals surface area contributed by atoms with Crippen molar-refractivity contribution in [2.45, 2.75) is 43.9 Å². The number of alkyl halides is 3. The number of Topliss-reactive ketones (excluding diaryl/α,β-unsaturated/α-hetero) is 1. The fourth-order valence-corrected chi connectivity index (χ4v) is 3.73. The minimum Gasteiger partial charge on any atom is -0.485 e. The molecule has 0 bridgehead atoms. The van der Waals surface area contributed by atoms with Crippen LogP contribution in [0.3, 0.4) is 0 Å². The summed E-state index contributed by atoms with van der Waals surface area (Å²) in [5.41, 5.74) is -1.85. The Morgan fingerprint density at radius 1 is 1.20 bits per heavy atom. The number of carbonyl (C=O) groups is 2. The number of piperidine rings is 1. The third-order valence-corrected chi connectivity index (χ3v) is 5.34. The first kappa shape index (κ1) is 16.4. The zero-order valence-corrected chi connectivity index (χ0v) is 13.6. The van der Waals surface area contributed by atoms with E-state index in [-0.39, 0.29) is 35.3 Å². The summed E-state index contributed by atoms with van der Waals surface area (Å²) in [6.07, 6.45) is -1.93. The van der Waals surface area contributed by atoms with Crippen LogP contribution in [0.4, 0.5) is 13.2 Å². The first-order chi connectivity index (χ1) is 11.8. The highest BCUT2D eigenvalue weighted by Crippen LogP contribution is 2.46. The molecule has 0 N–H and O–H groups in total. The van der Waals surface area contributed by atoms with Crippen LogP contribution in [0, 0.1) is 5.92 Å². The SMILES string of the molecule is O=C1CC2(CCN(C(=O)C3CC3)CC2)Oc2c1cccc2C(F)(F)F. The van der Waals surface area contributed by atoms with Gasteiger partial charge in [-0.2, -0.15) is 13.2 Å². The van der Waals surface area contributed by atoms with Crippen molar-refractivity contribution in [2.24, 2.45) is 5.92 Å². The Bertz CT molecular complexity index is 732. The first-order valence-electron chi connectivity index (χ1n) is 8.50. The molecule has 0 unspecified atom stereocenters. The van der Waals surface area contributed by atoms with Gasteiger partial charge in [-0.05, 0) is 25.0 Å². The average Bonchev–Trinajstić information content (AvgIpc) is 3.38. The predicted molar refractivity (Wildman–Crippen MR) is 82.3 cm³/mol. The van der Waals surface area contributed by atoms with Crippen LogP contribution in [-0.2, 0) is 11.0 Å². The monoisotopic (exact) mass is 353 g/mol. The van der Waals surface area contributed by atoms with Crippen LogP contribution >= 0.6 is 0 Å². The number of ether oxygens (including phenoxy) is 1. The molecule has 1 aromatic rings. The van der Waals surface area contributed by atoms with Crippen LogP contribution in [0.5, 0.6) is 5.75 Å². The molecule has 134 valence electrons. The molecule has 1 aliphatic carbocycles. The van der Waals surface area contributed by atoms with Crippen molar-refractivity contribution in [1.82, 2.24) is 4.90 Å². The van der Waals surface area contributed by atoms with Gasteiger partial charge in [0, 0.05) is 31.8 Å². The molecule has 2 fully saturated rings. The number of ketones is 1. The summed E-state index contributed by atoms with van der Waals surface area (Å²) in [6.45, 7) is 0.845. The number of fused-ring (bicyclic) bond motifs is 1. The Kier molecular flexibility index (Phi) is 3.60. The van der Waals surface area contributed by atoms with Crippen LogP contribution in [0.2, 0.25) is 0 Å². The molecule has 25 heavy (non-hydrogen) atoms. The topological polar surface area (TPSA) is 46.6 Å². The van der Waals surface area contributed by atoms with Gasteiger partial charge in [0.2, 0.25) is 5.91 Å². The Balaban J connectivity index is 1.59. The number of amides is 1. The van der Waals surface area contributed by atoms with Crippen molar-refractivity contribution >= 4 is 11.7 Å². The zero-order chi connectivity index (χ0) is 17.8. The molecule has 3 aliphatic rings. The van der Waals surface area contributed by atoms with Gasteiger partial charge in [0.25, 0.3) is 0 Å². The zero-order valence-electron chi connectivity index (χ0n) is 13.6. The lowest BCUT2D eigenvalue weighted by Gasteiger charge is -2.44. The van der Waals surface area contributed by atoms with E-state index in [4.69, 9.17) is 4.74 Å². The maximum absolute atomic E-state index is 13.3. The minimum absolute atomic E-state index is 0.00284. The number of para-hydroxylation sites is 1. The molecule has 7 heteroatoms. The molecule has 2 heterocycles. The molecule has 0 radical (unpaired) electrons. The van der Waals surface area contributed by atoms with E-state index < -0.39 is 17.3 Å². The van der Waals surface area contributed by atoms with E-state index in [1.54, 1.807) is 4.90 Å². The highest BCUT2D eigenvalue weighted by atomic mass is 19.4. The van der Waals surface area contributed by atoms with Gasteiger partial charge in [-0.3, -0.25) is 9.59 Å². The summed E-state index contributed by atoms with van der Waals surface area (Å²) in [4.78, 5) is 26.3. The van der Waals surface area contributed by atoms with Crippen LogP contribution in [0.15, 0.2) is 18.2 Å². The van der Waals surface area contributed by atoms with Gasteiger partial charge < -0.3 is 9.64 Å². The Hall–Kier alpha value is -2.05. The summed E-state index contributed by atoms with van der Waals surface area (Å²) in [7, 11) is 0. The maximum atomic E-state index is 13.3. The van der Waals surface area contributed by atoms with Crippen molar-refractivity contribution in [2.75, 3.05) is 13.1 Å². The number of hydrogen-bond donors (Lipinski definition) is 0. The number of hydrogen-bond acceptors (Lipinski definition) is 3. The lowest BCUT2D eigenvalue weighted by Crippen LogP contribution is -2.52. The van der Waals surface area contributed by atoms with Crippen LogP contribution in [0.1, 0.15) is 48.0 Å². The molecule has 0 aromatic heterocycles. The summed E-state index contributed by atoms with van der Waals surface area (Å²) < 4.78 is 45.6. The van der Waals surface area contributed by atoms with Crippen LogP contribution in [0.25, 0.3) is 0 Å². The molecular formula is C18H18F3NO3. The molecule has 2 aliphatic heterocycles. The van der Waals surface area contributed by atoms with Gasteiger partial charge in [0.1, 0.15) is 11.4 Å². The molecule has 1 saturated heterocycles. The lowest BCUT2D eigenvalue weighted by molar-refractivity contribution is -0.141. The summed E-state index contributed by atoms with van der Waals surface area (Å²) in [6, 6.07) is 3.56. The van der Waals surface area contributed by atoms with Crippen molar-refractivity contribution in [3.8, 4) is 5.75 Å². The van der Waals surface area contributed by atoms with E-state index in [0.29, 0.717) is 25.9 Å². The largest absolute Gasteiger partial charge is 0.485 e. The van der Waals surface area contributed by atoms with Gasteiger partial charge >= 0.3 is 6.18 Å². The van der Waals surface area contributed by atoms with Gasteiger partial charge in [0.15, 0.2) is 5.78 Å². The number of halogens is 3. The van der Waals surface area contributed by atoms with E-state index in [0.717, 1.165) is 18.9 Å². The van der Waals surface area contributed by atoms with Crippen LogP contribution in [-0.4, -0.2) is 35.3 Å². The van der Waals surface area contributed by atoms with Crippen molar-refractivity contribution in [3.05, 3.63) is 29.3 Å². The van der Waals surface area contributed by atoms with Crippen molar-refractivity contribution < 1.29 is 27.5 Å². The summed E-state index contributed by atoms with van der Waals surface area (Å²) in [5.74, 6) is -0.448. The molecule has 4 rings (SSSR count). The molecule has 1 aromatic carbocycles. The van der Waals surface area contributed by atoms with E-state index >= 15 is 0 Å². The highest BCUT2D eigenvalue weighted by molar-refractivity contribution is 6.00. The fourth-order valence-electron chi connectivity index (χ4n) is 3.73. The molecule has 1 saturated carbocycles. The van der Waals surface area contributed by atoms with Gasteiger partial charge in [0.05, 0.1) is 17.5 Å². The number of rotatable bonds is 1. The third-order valence-electron chi connectivity index (χ3n) is 5.34. The Morgan fingerprint density at radius 3 is 2.48 bits per heavy atom. The van der Waals surface area contributed by atoms with Crippen molar-refractivity contribution in [1.29, 1.82) is 0 Å².